The molecule has 4 aromatic carbocycles. The average molecular weight is 867 g/mol. The van der Waals surface area contributed by atoms with E-state index >= 15 is 13.6 Å². The Labute approximate surface area is 372 Å². The van der Waals surface area contributed by atoms with Gasteiger partial charge in [-0.1, -0.05) is 48.5 Å². The highest BCUT2D eigenvalue weighted by atomic mass is 19.1. The maximum atomic E-state index is 15.3. The minimum absolute atomic E-state index is 0.103. The van der Waals surface area contributed by atoms with Gasteiger partial charge in [0.25, 0.3) is 11.8 Å². The number of benzene rings is 4. The Morgan fingerprint density at radius 2 is 1.58 bits per heavy atom. The molecule has 0 saturated heterocycles. The SMILES string of the molecule is COc1ncc(N(C(=O)c2cc(-c3cc4c(cc3C(=O)N3Cc5ccccc5C[C@H]3C)CN(C(=O)Cc3ccc(OCCN(C)C)cc3F)CC4)n(C)c2C)c2ccccc2)cc1F. The third-order valence-corrected chi connectivity index (χ3v) is 12.4. The van der Waals surface area contributed by atoms with Crippen LogP contribution in [0.4, 0.5) is 20.2 Å². The zero-order chi connectivity index (χ0) is 45.2. The van der Waals surface area contributed by atoms with E-state index in [1.807, 2.05) is 79.7 Å². The zero-order valence-electron chi connectivity index (χ0n) is 37.0. The fourth-order valence-corrected chi connectivity index (χ4v) is 8.64. The number of anilines is 2. The Kier molecular flexibility index (Phi) is 12.6. The molecule has 330 valence electrons. The maximum absolute atomic E-state index is 15.3. The number of halogens is 2. The Balaban J connectivity index is 1.15. The third kappa shape index (κ3) is 8.85. The van der Waals surface area contributed by atoms with Crippen molar-refractivity contribution in [2.75, 3.05) is 45.8 Å². The van der Waals surface area contributed by atoms with Gasteiger partial charge in [0.15, 0.2) is 5.82 Å². The van der Waals surface area contributed by atoms with E-state index in [0.717, 1.165) is 16.7 Å². The van der Waals surface area contributed by atoms with Gasteiger partial charge in [0.2, 0.25) is 11.8 Å². The number of carbonyl (C=O) groups is 3. The Hall–Kier alpha value is -6.86. The quantitative estimate of drug-likeness (QED) is 0.122. The molecular formula is C51H52F2N6O5. The maximum Gasteiger partial charge on any atom is 0.264 e. The molecule has 2 aliphatic rings. The second-order valence-electron chi connectivity index (χ2n) is 16.8. The van der Waals surface area contributed by atoms with Crippen molar-refractivity contribution in [3.63, 3.8) is 0 Å². The number of carbonyl (C=O) groups excluding carboxylic acids is 3. The fourth-order valence-electron chi connectivity index (χ4n) is 8.64. The number of fused-ring (bicyclic) bond motifs is 2. The molecule has 11 nitrogen and oxygen atoms in total. The summed E-state index contributed by atoms with van der Waals surface area (Å²) >= 11 is 0. The first-order valence-corrected chi connectivity index (χ1v) is 21.4. The molecule has 0 saturated carbocycles. The number of likely N-dealkylation sites (N-methyl/N-ethyl adjacent to an activating group) is 1. The van der Waals surface area contributed by atoms with Crippen molar-refractivity contribution >= 4 is 29.1 Å². The van der Waals surface area contributed by atoms with E-state index in [2.05, 4.69) is 17.1 Å². The standard InChI is InChI=1S/C51H52F2N6O5/c1-32-22-34-12-10-11-13-37(34)31-58(32)50(61)44-24-38-30-57(48(60)25-36-16-17-41(27-45(36)52)64-21-20-55(3)4)19-18-35(38)23-43(44)47-28-42(33(2)56(47)5)51(62)59(39-14-8-7-9-15-39)40-26-46(53)49(63-6)54-29-40/h7-17,23-24,26-29,32H,18-22,25,30-31H2,1-6H3/t32-/m1/s1. The molecule has 8 rings (SSSR count). The summed E-state index contributed by atoms with van der Waals surface area (Å²) in [6, 6.07) is 28.5. The van der Waals surface area contributed by atoms with Gasteiger partial charge in [0, 0.05) is 79.6 Å². The number of nitrogens with zero attached hydrogens (tertiary/aromatic N) is 6. The van der Waals surface area contributed by atoms with Gasteiger partial charge in [-0.2, -0.15) is 0 Å². The predicted molar refractivity (Wildman–Crippen MR) is 242 cm³/mol. The van der Waals surface area contributed by atoms with Crippen molar-refractivity contribution in [2.24, 2.45) is 7.05 Å². The summed E-state index contributed by atoms with van der Waals surface area (Å²) in [5.41, 5.74) is 7.82. The molecule has 3 amide bonds. The average Bonchev–Trinajstić information content (AvgIpc) is 3.59. The molecule has 1 atom stereocenters. The normalized spacial score (nSPS) is 14.5. The van der Waals surface area contributed by atoms with Gasteiger partial charge in [0.1, 0.15) is 18.2 Å². The highest BCUT2D eigenvalue weighted by molar-refractivity contribution is 6.12. The number of ether oxygens (including phenoxy) is 2. The van der Waals surface area contributed by atoms with Crippen LogP contribution in [0.15, 0.2) is 103 Å². The zero-order valence-corrected chi connectivity index (χ0v) is 37.0. The van der Waals surface area contributed by atoms with Crippen molar-refractivity contribution in [2.45, 2.75) is 52.2 Å². The number of hydrogen-bond acceptors (Lipinski definition) is 7. The van der Waals surface area contributed by atoms with Crippen LogP contribution in [0, 0.1) is 18.6 Å². The minimum Gasteiger partial charge on any atom is -0.492 e. The van der Waals surface area contributed by atoms with Crippen molar-refractivity contribution in [3.8, 4) is 22.9 Å². The molecule has 0 unspecified atom stereocenters. The van der Waals surface area contributed by atoms with Gasteiger partial charge in [0.05, 0.1) is 31.0 Å². The first-order valence-electron chi connectivity index (χ1n) is 21.4. The molecule has 64 heavy (non-hydrogen) atoms. The topological polar surface area (TPSA) is 100 Å². The van der Waals surface area contributed by atoms with Crippen LogP contribution in [0.3, 0.4) is 0 Å². The molecule has 0 fully saturated rings. The van der Waals surface area contributed by atoms with Gasteiger partial charge < -0.3 is 28.7 Å². The van der Waals surface area contributed by atoms with Gasteiger partial charge in [-0.3, -0.25) is 19.3 Å². The third-order valence-electron chi connectivity index (χ3n) is 12.4. The van der Waals surface area contributed by atoms with Crippen LogP contribution in [0.25, 0.3) is 11.3 Å². The molecule has 0 spiro atoms. The number of methoxy groups -OCH3 is 1. The molecule has 2 aromatic heterocycles. The molecule has 0 aliphatic carbocycles. The summed E-state index contributed by atoms with van der Waals surface area (Å²) in [7, 11) is 7.05. The van der Waals surface area contributed by atoms with Gasteiger partial charge in [-0.05, 0) is 105 Å². The Bertz CT molecular complexity index is 2740. The summed E-state index contributed by atoms with van der Waals surface area (Å²) in [6.45, 7) is 6.06. The van der Waals surface area contributed by atoms with Crippen LogP contribution in [-0.4, -0.2) is 88.9 Å². The van der Waals surface area contributed by atoms with Crippen molar-refractivity contribution in [1.82, 2.24) is 24.3 Å². The highest BCUT2D eigenvalue weighted by Gasteiger charge is 2.33. The van der Waals surface area contributed by atoms with E-state index in [-0.39, 0.29) is 48.0 Å². The van der Waals surface area contributed by atoms with Crippen LogP contribution in [0.5, 0.6) is 11.6 Å². The number of aromatic nitrogens is 2. The molecule has 2 aliphatic heterocycles. The van der Waals surface area contributed by atoms with Crippen molar-refractivity contribution < 1.29 is 32.6 Å². The van der Waals surface area contributed by atoms with Crippen LogP contribution >= 0.6 is 0 Å². The number of para-hydroxylation sites is 1. The van der Waals surface area contributed by atoms with Crippen LogP contribution < -0.4 is 14.4 Å². The van der Waals surface area contributed by atoms with Crippen LogP contribution in [0.2, 0.25) is 0 Å². The Morgan fingerprint density at radius 3 is 2.30 bits per heavy atom. The minimum atomic E-state index is -0.714. The molecule has 0 N–H and O–H groups in total. The molecular weight excluding hydrogens is 815 g/mol. The molecule has 0 radical (unpaired) electrons. The first kappa shape index (κ1) is 43.8. The second kappa shape index (κ2) is 18.5. The summed E-state index contributed by atoms with van der Waals surface area (Å²) < 4.78 is 43.1. The van der Waals surface area contributed by atoms with E-state index in [4.69, 9.17) is 9.47 Å². The van der Waals surface area contributed by atoms with E-state index in [9.17, 15) is 9.59 Å². The number of amides is 3. The van der Waals surface area contributed by atoms with E-state index < -0.39 is 17.5 Å². The van der Waals surface area contributed by atoms with Gasteiger partial charge in [-0.15, -0.1) is 0 Å². The smallest absolute Gasteiger partial charge is 0.264 e. The molecule has 4 heterocycles. The summed E-state index contributed by atoms with van der Waals surface area (Å²) in [5, 5.41) is 0. The summed E-state index contributed by atoms with van der Waals surface area (Å²) in [4.78, 5) is 54.8. The molecule has 13 heteroatoms. The van der Waals surface area contributed by atoms with Gasteiger partial charge in [-0.25, -0.2) is 13.8 Å². The lowest BCUT2D eigenvalue weighted by Gasteiger charge is -2.36. The van der Waals surface area contributed by atoms with E-state index in [1.165, 1.54) is 35.9 Å². The summed E-state index contributed by atoms with van der Waals surface area (Å²) in [5.74, 6) is -1.80. The number of hydrogen-bond donors (Lipinski definition) is 0. The van der Waals surface area contributed by atoms with Gasteiger partial charge >= 0.3 is 0 Å². The monoisotopic (exact) mass is 866 g/mol. The number of pyridine rings is 1. The van der Waals surface area contributed by atoms with Crippen molar-refractivity contribution in [1.29, 1.82) is 0 Å². The Morgan fingerprint density at radius 1 is 0.828 bits per heavy atom. The van der Waals surface area contributed by atoms with Crippen LogP contribution in [-0.2, 0) is 44.2 Å². The molecule has 6 aromatic rings. The lowest BCUT2D eigenvalue weighted by Crippen LogP contribution is -2.43. The van der Waals surface area contributed by atoms with Crippen LogP contribution in [0.1, 0.15) is 61.2 Å². The largest absolute Gasteiger partial charge is 0.492 e. The lowest BCUT2D eigenvalue weighted by atomic mass is 9.89. The highest BCUT2D eigenvalue weighted by Crippen LogP contribution is 2.37. The van der Waals surface area contributed by atoms with E-state index in [1.54, 1.807) is 47.4 Å². The van der Waals surface area contributed by atoms with E-state index in [0.29, 0.717) is 78.6 Å². The fraction of sp³-hybridized carbons (Fsp3) is 0.294. The summed E-state index contributed by atoms with van der Waals surface area (Å²) in [6.07, 6.45) is 2.48. The van der Waals surface area contributed by atoms with Crippen molar-refractivity contribution in [3.05, 3.63) is 160 Å². The first-order chi connectivity index (χ1) is 30.8. The predicted octanol–water partition coefficient (Wildman–Crippen LogP) is 8.32. The lowest BCUT2D eigenvalue weighted by molar-refractivity contribution is -0.131. The number of rotatable bonds is 12. The second-order valence-corrected chi connectivity index (χ2v) is 16.8. The molecule has 0 bridgehead atoms.